The Morgan fingerprint density at radius 2 is 2.47 bits per heavy atom. The zero-order valence-corrected chi connectivity index (χ0v) is 8.86. The number of aromatic amines is 1. The monoisotopic (exact) mass is 211 g/mol. The fourth-order valence-corrected chi connectivity index (χ4v) is 1.25. The van der Waals surface area contributed by atoms with E-state index >= 15 is 0 Å². The van der Waals surface area contributed by atoms with Gasteiger partial charge >= 0.3 is 0 Å². The predicted octanol–water partition coefficient (Wildman–Crippen LogP) is 0.590. The van der Waals surface area contributed by atoms with Gasteiger partial charge in [0.2, 0.25) is 0 Å². The molecule has 0 fully saturated rings. The largest absolute Gasteiger partial charge is 0.396 e. The van der Waals surface area contributed by atoms with E-state index in [9.17, 15) is 4.79 Å². The Kier molecular flexibility index (Phi) is 4.83. The summed E-state index contributed by atoms with van der Waals surface area (Å²) in [7, 11) is 0. The third kappa shape index (κ3) is 4.60. The second kappa shape index (κ2) is 6.19. The highest BCUT2D eigenvalue weighted by Gasteiger charge is 1.99. The maximum atomic E-state index is 10.9. The minimum Gasteiger partial charge on any atom is -0.396 e. The van der Waals surface area contributed by atoms with Crippen LogP contribution in [0.25, 0.3) is 0 Å². The molecule has 0 bridgehead atoms. The van der Waals surface area contributed by atoms with E-state index in [1.807, 2.05) is 6.92 Å². The minimum absolute atomic E-state index is 0.205. The molecule has 0 saturated heterocycles. The quantitative estimate of drug-likeness (QED) is 0.602. The number of H-pyrrole nitrogens is 1. The third-order valence-electron chi connectivity index (χ3n) is 2.18. The van der Waals surface area contributed by atoms with Crippen LogP contribution in [-0.4, -0.2) is 28.5 Å². The van der Waals surface area contributed by atoms with Crippen LogP contribution in [-0.2, 0) is 0 Å². The lowest BCUT2D eigenvalue weighted by atomic mass is 10.1. The Balaban J connectivity index is 2.23. The van der Waals surface area contributed by atoms with Crippen LogP contribution in [0.4, 0.5) is 5.69 Å². The second-order valence-electron chi connectivity index (χ2n) is 3.69. The van der Waals surface area contributed by atoms with Crippen LogP contribution < -0.4 is 10.9 Å². The lowest BCUT2D eigenvalue weighted by Crippen LogP contribution is -2.11. The van der Waals surface area contributed by atoms with E-state index in [4.69, 9.17) is 5.11 Å². The number of rotatable bonds is 6. The maximum Gasteiger partial charge on any atom is 0.266 e. The van der Waals surface area contributed by atoms with E-state index in [1.54, 1.807) is 6.20 Å². The van der Waals surface area contributed by atoms with E-state index in [2.05, 4.69) is 15.5 Å². The number of hydrogen-bond donors (Lipinski definition) is 3. The number of nitrogens with one attached hydrogen (secondary N) is 2. The first-order valence-electron chi connectivity index (χ1n) is 5.12. The van der Waals surface area contributed by atoms with Crippen LogP contribution in [0.1, 0.15) is 19.8 Å². The summed E-state index contributed by atoms with van der Waals surface area (Å²) >= 11 is 0. The molecule has 1 atom stereocenters. The third-order valence-corrected chi connectivity index (χ3v) is 2.18. The fourth-order valence-electron chi connectivity index (χ4n) is 1.25. The molecular formula is C10H17N3O2. The summed E-state index contributed by atoms with van der Waals surface area (Å²) in [6, 6.07) is 1.47. The second-order valence-corrected chi connectivity index (χ2v) is 3.69. The smallest absolute Gasteiger partial charge is 0.266 e. The Labute approximate surface area is 88.5 Å². The molecule has 0 aliphatic rings. The van der Waals surface area contributed by atoms with Crippen molar-refractivity contribution in [1.82, 2.24) is 10.2 Å². The maximum absolute atomic E-state index is 10.9. The molecule has 0 aliphatic carbocycles. The number of hydrogen-bond acceptors (Lipinski definition) is 4. The molecule has 84 valence electrons. The zero-order chi connectivity index (χ0) is 11.1. The Morgan fingerprint density at radius 3 is 3.13 bits per heavy atom. The van der Waals surface area contributed by atoms with Gasteiger partial charge in [-0.15, -0.1) is 0 Å². The van der Waals surface area contributed by atoms with Crippen molar-refractivity contribution in [2.45, 2.75) is 19.8 Å². The molecule has 0 saturated carbocycles. The Hall–Kier alpha value is -1.36. The lowest BCUT2D eigenvalue weighted by Gasteiger charge is -2.08. The number of aliphatic hydroxyl groups excluding tert-OH is 1. The van der Waals surface area contributed by atoms with Crippen molar-refractivity contribution < 1.29 is 5.11 Å². The van der Waals surface area contributed by atoms with Gasteiger partial charge in [-0.05, 0) is 18.8 Å². The van der Waals surface area contributed by atoms with E-state index < -0.39 is 0 Å². The van der Waals surface area contributed by atoms with Gasteiger partial charge in [0.25, 0.3) is 5.56 Å². The Morgan fingerprint density at radius 1 is 1.67 bits per heavy atom. The van der Waals surface area contributed by atoms with E-state index in [0.29, 0.717) is 5.92 Å². The van der Waals surface area contributed by atoms with Gasteiger partial charge in [0.15, 0.2) is 0 Å². The first-order valence-corrected chi connectivity index (χ1v) is 5.12. The van der Waals surface area contributed by atoms with Crippen LogP contribution in [0.5, 0.6) is 0 Å². The highest BCUT2D eigenvalue weighted by atomic mass is 16.3. The molecule has 1 aromatic heterocycles. The van der Waals surface area contributed by atoms with Crippen molar-refractivity contribution in [3.05, 3.63) is 22.6 Å². The molecule has 0 amide bonds. The first-order chi connectivity index (χ1) is 7.22. The average Bonchev–Trinajstić information content (AvgIpc) is 2.24. The van der Waals surface area contributed by atoms with Gasteiger partial charge in [0.1, 0.15) is 0 Å². The summed E-state index contributed by atoms with van der Waals surface area (Å²) in [5.41, 5.74) is 0.527. The minimum atomic E-state index is -0.205. The standard InChI is InChI=1S/C10H17N3O2/c1-8(7-14)3-2-4-11-9-5-10(15)13-12-6-9/h5-6,8,14H,2-4,7H2,1H3,(H2,11,13,15). The van der Waals surface area contributed by atoms with Crippen molar-refractivity contribution in [1.29, 1.82) is 0 Å². The molecule has 1 heterocycles. The van der Waals surface area contributed by atoms with E-state index in [1.165, 1.54) is 6.07 Å². The molecule has 0 aromatic carbocycles. The number of nitrogens with zero attached hydrogens (tertiary/aromatic N) is 1. The normalized spacial score (nSPS) is 12.4. The molecule has 15 heavy (non-hydrogen) atoms. The number of anilines is 1. The van der Waals surface area contributed by atoms with Crippen molar-refractivity contribution in [3.63, 3.8) is 0 Å². The van der Waals surface area contributed by atoms with Gasteiger partial charge in [-0.25, -0.2) is 5.10 Å². The van der Waals surface area contributed by atoms with Crippen LogP contribution >= 0.6 is 0 Å². The zero-order valence-electron chi connectivity index (χ0n) is 8.86. The number of aromatic nitrogens is 2. The molecule has 5 heteroatoms. The van der Waals surface area contributed by atoms with Crippen LogP contribution in [0, 0.1) is 5.92 Å². The predicted molar refractivity (Wildman–Crippen MR) is 58.8 cm³/mol. The molecule has 1 rings (SSSR count). The lowest BCUT2D eigenvalue weighted by molar-refractivity contribution is 0.229. The summed E-state index contributed by atoms with van der Waals surface area (Å²) in [5, 5.41) is 17.9. The molecule has 3 N–H and O–H groups in total. The summed E-state index contributed by atoms with van der Waals surface area (Å²) in [4.78, 5) is 10.9. The van der Waals surface area contributed by atoms with Crippen LogP contribution in [0.2, 0.25) is 0 Å². The summed E-state index contributed by atoms with van der Waals surface area (Å²) in [5.74, 6) is 0.337. The van der Waals surface area contributed by atoms with E-state index in [-0.39, 0.29) is 12.2 Å². The summed E-state index contributed by atoms with van der Waals surface area (Å²) in [6.45, 7) is 3.02. The van der Waals surface area contributed by atoms with Crippen LogP contribution in [0.3, 0.4) is 0 Å². The van der Waals surface area contributed by atoms with Crippen molar-refractivity contribution in [3.8, 4) is 0 Å². The molecule has 5 nitrogen and oxygen atoms in total. The van der Waals surface area contributed by atoms with Crippen molar-refractivity contribution >= 4 is 5.69 Å². The van der Waals surface area contributed by atoms with Crippen molar-refractivity contribution in [2.75, 3.05) is 18.5 Å². The van der Waals surface area contributed by atoms with Gasteiger partial charge in [0, 0.05) is 19.2 Å². The molecule has 1 aromatic rings. The highest BCUT2D eigenvalue weighted by Crippen LogP contribution is 2.05. The molecule has 0 aliphatic heterocycles. The topological polar surface area (TPSA) is 78.0 Å². The molecule has 1 unspecified atom stereocenters. The van der Waals surface area contributed by atoms with Crippen molar-refractivity contribution in [2.24, 2.45) is 5.92 Å². The molecule has 0 spiro atoms. The van der Waals surface area contributed by atoms with Gasteiger partial charge in [0.05, 0.1) is 11.9 Å². The van der Waals surface area contributed by atoms with Crippen LogP contribution in [0.15, 0.2) is 17.1 Å². The summed E-state index contributed by atoms with van der Waals surface area (Å²) < 4.78 is 0. The summed E-state index contributed by atoms with van der Waals surface area (Å²) in [6.07, 6.45) is 3.52. The van der Waals surface area contributed by atoms with E-state index in [0.717, 1.165) is 25.1 Å². The van der Waals surface area contributed by atoms with Gasteiger partial charge in [-0.3, -0.25) is 4.79 Å². The SMILES string of the molecule is CC(CO)CCCNc1cn[nH]c(=O)c1. The van der Waals surface area contributed by atoms with Gasteiger partial charge in [-0.2, -0.15) is 5.10 Å². The molecule has 0 radical (unpaired) electrons. The fraction of sp³-hybridized carbons (Fsp3) is 0.600. The average molecular weight is 211 g/mol. The first kappa shape index (κ1) is 11.7. The highest BCUT2D eigenvalue weighted by molar-refractivity contribution is 5.38. The Bertz CT molecular complexity index is 337. The van der Waals surface area contributed by atoms with Gasteiger partial charge < -0.3 is 10.4 Å². The molecular weight excluding hydrogens is 194 g/mol. The van der Waals surface area contributed by atoms with Gasteiger partial charge in [-0.1, -0.05) is 6.92 Å². The number of aliphatic hydroxyl groups is 1.